The van der Waals surface area contributed by atoms with E-state index in [2.05, 4.69) is 34.8 Å². The summed E-state index contributed by atoms with van der Waals surface area (Å²) in [6.07, 6.45) is 2.50. The summed E-state index contributed by atoms with van der Waals surface area (Å²) in [6, 6.07) is 10.8. The van der Waals surface area contributed by atoms with Gasteiger partial charge < -0.3 is 14.0 Å². The number of hydrogen-bond acceptors (Lipinski definition) is 6. The molecule has 1 N–H and O–H groups in total. The fraction of sp³-hybridized carbons (Fsp3) is 0.348. The van der Waals surface area contributed by atoms with E-state index < -0.39 is 0 Å². The van der Waals surface area contributed by atoms with Gasteiger partial charge in [0.15, 0.2) is 11.7 Å². The Labute approximate surface area is 185 Å². The Balaban J connectivity index is 1.37. The molecule has 8 heteroatoms. The van der Waals surface area contributed by atoms with Crippen molar-refractivity contribution in [1.29, 1.82) is 5.26 Å². The van der Waals surface area contributed by atoms with Gasteiger partial charge in [-0.15, -0.1) is 11.3 Å². The van der Waals surface area contributed by atoms with Crippen molar-refractivity contribution >= 4 is 22.4 Å². The Bertz CT molecular complexity index is 1110. The molecule has 0 unspecified atom stereocenters. The molecular formula is C23H24N4O3S. The summed E-state index contributed by atoms with van der Waals surface area (Å²) >= 11 is 1.39. The summed E-state index contributed by atoms with van der Waals surface area (Å²) in [5, 5.41) is 14.1. The molecule has 1 atom stereocenters. The summed E-state index contributed by atoms with van der Waals surface area (Å²) < 4.78 is 13.5. The second-order valence-corrected chi connectivity index (χ2v) is 8.40. The fourth-order valence-electron chi connectivity index (χ4n) is 3.72. The minimum atomic E-state index is -0.283. The van der Waals surface area contributed by atoms with Gasteiger partial charge >= 0.3 is 0 Å². The Morgan fingerprint density at radius 3 is 2.90 bits per heavy atom. The molecule has 0 bridgehead atoms. The summed E-state index contributed by atoms with van der Waals surface area (Å²) in [6.45, 7) is 5.77. The Hall–Kier alpha value is -3.15. The summed E-state index contributed by atoms with van der Waals surface area (Å²) in [5.74, 6) is 0.252. The van der Waals surface area contributed by atoms with Crippen LogP contribution in [0.25, 0.3) is 11.3 Å². The molecule has 7 nitrogen and oxygen atoms in total. The van der Waals surface area contributed by atoms with Crippen molar-refractivity contribution in [3.8, 4) is 23.1 Å². The van der Waals surface area contributed by atoms with Crippen molar-refractivity contribution < 1.29 is 14.3 Å². The van der Waals surface area contributed by atoms with E-state index in [4.69, 9.17) is 14.7 Å². The largest absolute Gasteiger partial charge is 0.484 e. The highest BCUT2D eigenvalue weighted by molar-refractivity contribution is 7.14. The van der Waals surface area contributed by atoms with Crippen LogP contribution in [-0.2, 0) is 16.1 Å². The number of amides is 1. The zero-order valence-corrected chi connectivity index (χ0v) is 18.4. The van der Waals surface area contributed by atoms with Gasteiger partial charge in [0.1, 0.15) is 5.75 Å². The molecule has 31 heavy (non-hydrogen) atoms. The first-order valence-corrected chi connectivity index (χ1v) is 11.1. The maximum atomic E-state index is 12.2. The van der Waals surface area contributed by atoms with Crippen LogP contribution in [0.3, 0.4) is 0 Å². The van der Waals surface area contributed by atoms with Gasteiger partial charge in [0.05, 0.1) is 23.4 Å². The highest BCUT2D eigenvalue weighted by Gasteiger charge is 2.20. The SMILES string of the molecule is Cc1cc(-c2csc(NC(=O)COc3ccc(C#N)cc3)n2)c(C)n1C[C@H]1CCCO1. The summed E-state index contributed by atoms with van der Waals surface area (Å²) in [5.41, 5.74) is 4.79. The maximum absolute atomic E-state index is 12.2. The van der Waals surface area contributed by atoms with Crippen molar-refractivity contribution in [1.82, 2.24) is 9.55 Å². The monoisotopic (exact) mass is 436 g/mol. The van der Waals surface area contributed by atoms with Gasteiger partial charge in [-0.3, -0.25) is 10.1 Å². The molecular weight excluding hydrogens is 412 g/mol. The molecule has 1 amide bonds. The first kappa shape index (κ1) is 21.1. The number of aromatic nitrogens is 2. The number of anilines is 1. The summed E-state index contributed by atoms with van der Waals surface area (Å²) in [7, 11) is 0. The Kier molecular flexibility index (Phi) is 6.35. The smallest absolute Gasteiger partial charge is 0.264 e. The minimum absolute atomic E-state index is 0.128. The molecule has 3 aromatic rings. The number of thiazole rings is 1. The molecule has 4 rings (SSSR count). The molecule has 0 aliphatic carbocycles. The molecule has 1 aliphatic heterocycles. The van der Waals surface area contributed by atoms with Gasteiger partial charge in [-0.2, -0.15) is 5.26 Å². The molecule has 0 radical (unpaired) electrons. The molecule has 1 fully saturated rings. The van der Waals surface area contributed by atoms with Crippen LogP contribution >= 0.6 is 11.3 Å². The number of benzene rings is 1. The van der Waals surface area contributed by atoms with E-state index in [1.54, 1.807) is 24.3 Å². The number of hydrogen-bond donors (Lipinski definition) is 1. The van der Waals surface area contributed by atoms with Crippen LogP contribution in [0.15, 0.2) is 35.7 Å². The molecule has 1 aromatic carbocycles. The van der Waals surface area contributed by atoms with Gasteiger partial charge in [-0.05, 0) is 57.0 Å². The van der Waals surface area contributed by atoms with Crippen LogP contribution in [0, 0.1) is 25.2 Å². The molecule has 0 saturated carbocycles. The molecule has 1 aliphatic rings. The van der Waals surface area contributed by atoms with E-state index >= 15 is 0 Å². The van der Waals surface area contributed by atoms with Crippen molar-refractivity contribution in [2.24, 2.45) is 0 Å². The molecule has 2 aromatic heterocycles. The first-order valence-electron chi connectivity index (χ1n) is 10.2. The van der Waals surface area contributed by atoms with E-state index in [9.17, 15) is 4.79 Å². The molecule has 0 spiro atoms. The van der Waals surface area contributed by atoms with E-state index in [0.717, 1.165) is 42.9 Å². The molecule has 3 heterocycles. The van der Waals surface area contributed by atoms with E-state index in [-0.39, 0.29) is 18.6 Å². The van der Waals surface area contributed by atoms with Crippen molar-refractivity contribution in [2.75, 3.05) is 18.5 Å². The van der Waals surface area contributed by atoms with Gasteiger partial charge in [0, 0.05) is 35.5 Å². The number of carbonyl (C=O) groups excluding carboxylic acids is 1. The van der Waals surface area contributed by atoms with Crippen LogP contribution in [0.2, 0.25) is 0 Å². The molecule has 1 saturated heterocycles. The predicted molar refractivity (Wildman–Crippen MR) is 119 cm³/mol. The standard InChI is InChI=1S/C23H24N4O3S/c1-15-10-20(16(2)27(15)12-19-4-3-9-29-19)21-14-31-23(25-21)26-22(28)13-30-18-7-5-17(11-24)6-8-18/h5-8,10,14,19H,3-4,9,12-13H2,1-2H3,(H,25,26,28)/t19-/m1/s1. The van der Waals surface area contributed by atoms with Crippen LogP contribution in [0.4, 0.5) is 5.13 Å². The number of ether oxygens (including phenoxy) is 2. The highest BCUT2D eigenvalue weighted by atomic mass is 32.1. The molecule has 160 valence electrons. The van der Waals surface area contributed by atoms with Crippen molar-refractivity contribution in [3.63, 3.8) is 0 Å². The number of aryl methyl sites for hydroxylation is 1. The summed E-state index contributed by atoms with van der Waals surface area (Å²) in [4.78, 5) is 16.8. The number of nitriles is 1. The number of nitrogens with zero attached hydrogens (tertiary/aromatic N) is 3. The maximum Gasteiger partial charge on any atom is 0.264 e. The fourth-order valence-corrected chi connectivity index (χ4v) is 4.44. The number of carbonyl (C=O) groups is 1. The lowest BCUT2D eigenvalue weighted by molar-refractivity contribution is -0.118. The first-order chi connectivity index (χ1) is 15.0. The van der Waals surface area contributed by atoms with E-state index in [0.29, 0.717) is 16.4 Å². The van der Waals surface area contributed by atoms with Gasteiger partial charge in [-0.25, -0.2) is 4.98 Å². The van der Waals surface area contributed by atoms with Gasteiger partial charge in [-0.1, -0.05) is 0 Å². The third kappa shape index (κ3) is 4.95. The average molecular weight is 437 g/mol. The highest BCUT2D eigenvalue weighted by Crippen LogP contribution is 2.30. The minimum Gasteiger partial charge on any atom is -0.484 e. The van der Waals surface area contributed by atoms with Crippen LogP contribution in [0.5, 0.6) is 5.75 Å². The van der Waals surface area contributed by atoms with Crippen LogP contribution in [0.1, 0.15) is 29.8 Å². The number of rotatable bonds is 7. The second-order valence-electron chi connectivity index (χ2n) is 7.54. The van der Waals surface area contributed by atoms with E-state index in [1.807, 2.05) is 11.4 Å². The lowest BCUT2D eigenvalue weighted by Crippen LogP contribution is -2.20. The Morgan fingerprint density at radius 1 is 1.39 bits per heavy atom. The quantitative estimate of drug-likeness (QED) is 0.597. The van der Waals surface area contributed by atoms with Gasteiger partial charge in [0.25, 0.3) is 5.91 Å². The van der Waals surface area contributed by atoms with Crippen LogP contribution in [-0.4, -0.2) is 34.8 Å². The number of nitrogens with one attached hydrogen (secondary N) is 1. The normalized spacial score (nSPS) is 15.6. The topological polar surface area (TPSA) is 89.2 Å². The zero-order valence-electron chi connectivity index (χ0n) is 17.6. The van der Waals surface area contributed by atoms with Crippen molar-refractivity contribution in [3.05, 3.63) is 52.7 Å². The van der Waals surface area contributed by atoms with Crippen molar-refractivity contribution in [2.45, 2.75) is 39.3 Å². The third-order valence-electron chi connectivity index (χ3n) is 5.36. The average Bonchev–Trinajstić information content (AvgIpc) is 3.51. The lowest BCUT2D eigenvalue weighted by atomic mass is 10.2. The Morgan fingerprint density at radius 2 is 2.19 bits per heavy atom. The van der Waals surface area contributed by atoms with E-state index in [1.165, 1.54) is 17.0 Å². The predicted octanol–water partition coefficient (Wildman–Crippen LogP) is 4.30. The second kappa shape index (κ2) is 9.33. The lowest BCUT2D eigenvalue weighted by Gasteiger charge is -2.14. The third-order valence-corrected chi connectivity index (χ3v) is 6.12. The van der Waals surface area contributed by atoms with Crippen LogP contribution < -0.4 is 10.1 Å². The van der Waals surface area contributed by atoms with Gasteiger partial charge in [0.2, 0.25) is 0 Å². The zero-order chi connectivity index (χ0) is 21.8.